The number of Topliss-reactive ketones (excluding diaryl/α,β-unsaturated/α-hetero) is 1. The minimum absolute atomic E-state index is 0.147. The maximum Gasteiger partial charge on any atom is 0.169 e. The highest BCUT2D eigenvalue weighted by Gasteiger charge is 2.18. The molecular weight excluding hydrogens is 240 g/mol. The van der Waals surface area contributed by atoms with Crippen molar-refractivity contribution in [2.24, 2.45) is 5.92 Å². The summed E-state index contributed by atoms with van der Waals surface area (Å²) in [7, 11) is 0. The Bertz CT molecular complexity index is 642. The van der Waals surface area contributed by atoms with E-state index in [1.807, 2.05) is 32.9 Å². The Morgan fingerprint density at radius 2 is 1.84 bits per heavy atom. The Morgan fingerprint density at radius 1 is 1.16 bits per heavy atom. The van der Waals surface area contributed by atoms with Crippen molar-refractivity contribution in [2.75, 3.05) is 0 Å². The van der Waals surface area contributed by atoms with E-state index in [0.29, 0.717) is 11.8 Å². The van der Waals surface area contributed by atoms with Crippen molar-refractivity contribution in [1.29, 1.82) is 0 Å². The van der Waals surface area contributed by atoms with Gasteiger partial charge in [0.2, 0.25) is 0 Å². The first-order chi connectivity index (χ1) is 8.90. The van der Waals surface area contributed by atoms with Gasteiger partial charge < -0.3 is 10.2 Å². The van der Waals surface area contributed by atoms with E-state index in [2.05, 4.69) is 0 Å². The Morgan fingerprint density at radius 3 is 2.47 bits per heavy atom. The normalized spacial score (nSPS) is 11.2. The van der Waals surface area contributed by atoms with E-state index in [4.69, 9.17) is 0 Å². The molecule has 0 aliphatic rings. The lowest BCUT2D eigenvalue weighted by atomic mass is 9.96. The van der Waals surface area contributed by atoms with Crippen molar-refractivity contribution in [3.8, 4) is 11.5 Å². The quantitative estimate of drug-likeness (QED) is 0.650. The number of carbonyl (C=O) groups is 1. The molecule has 0 atom stereocenters. The summed E-state index contributed by atoms with van der Waals surface area (Å²) >= 11 is 0. The van der Waals surface area contributed by atoms with Gasteiger partial charge in [-0.15, -0.1) is 0 Å². The summed E-state index contributed by atoms with van der Waals surface area (Å²) in [6.45, 7) is 5.83. The van der Waals surface area contributed by atoms with Crippen LogP contribution in [0.25, 0.3) is 10.8 Å². The smallest absolute Gasteiger partial charge is 0.169 e. The fourth-order valence-electron chi connectivity index (χ4n) is 2.19. The molecule has 19 heavy (non-hydrogen) atoms. The maximum atomic E-state index is 12.1. The standard InChI is InChI=1S/C16H18O3/c1-9(2)6-14(17)13-8-11-7-10(3)4-5-12(11)15(18)16(13)19/h4-5,7-9,18-19H,6H2,1-3H3. The molecule has 0 spiro atoms. The third-order valence-corrected chi connectivity index (χ3v) is 3.14. The predicted octanol–water partition coefficient (Wildman–Crippen LogP) is 3.79. The molecule has 2 aromatic carbocycles. The number of phenolic OH excluding ortho intramolecular Hbond substituents is 2. The van der Waals surface area contributed by atoms with Gasteiger partial charge in [0, 0.05) is 11.8 Å². The number of phenols is 2. The fraction of sp³-hybridized carbons (Fsp3) is 0.312. The van der Waals surface area contributed by atoms with Gasteiger partial charge in [-0.25, -0.2) is 0 Å². The molecule has 0 saturated carbocycles. The van der Waals surface area contributed by atoms with Gasteiger partial charge in [0.15, 0.2) is 17.3 Å². The third-order valence-electron chi connectivity index (χ3n) is 3.14. The van der Waals surface area contributed by atoms with Gasteiger partial charge in [-0.1, -0.05) is 37.6 Å². The number of hydrogen-bond donors (Lipinski definition) is 2. The first kappa shape index (κ1) is 13.4. The van der Waals surface area contributed by atoms with Gasteiger partial charge >= 0.3 is 0 Å². The Balaban J connectivity index is 2.62. The Hall–Kier alpha value is -2.03. The third kappa shape index (κ3) is 2.55. The van der Waals surface area contributed by atoms with Crippen LogP contribution in [0, 0.1) is 12.8 Å². The predicted molar refractivity (Wildman–Crippen MR) is 75.8 cm³/mol. The zero-order valence-corrected chi connectivity index (χ0v) is 11.4. The van der Waals surface area contributed by atoms with Crippen LogP contribution in [0.2, 0.25) is 0 Å². The minimum atomic E-state index is -0.318. The number of carbonyl (C=O) groups excluding carboxylic acids is 1. The summed E-state index contributed by atoms with van der Waals surface area (Å²) in [5.74, 6) is -0.472. The minimum Gasteiger partial charge on any atom is -0.504 e. The largest absolute Gasteiger partial charge is 0.504 e. The lowest BCUT2D eigenvalue weighted by Crippen LogP contribution is -2.04. The second kappa shape index (κ2) is 4.92. The van der Waals surface area contributed by atoms with E-state index in [-0.39, 0.29) is 28.8 Å². The molecule has 100 valence electrons. The zero-order chi connectivity index (χ0) is 14.2. The van der Waals surface area contributed by atoms with E-state index in [9.17, 15) is 15.0 Å². The summed E-state index contributed by atoms with van der Waals surface area (Å²) in [5.41, 5.74) is 1.24. The van der Waals surface area contributed by atoms with Crippen molar-refractivity contribution in [1.82, 2.24) is 0 Å². The van der Waals surface area contributed by atoms with Crippen LogP contribution in [0.5, 0.6) is 11.5 Å². The van der Waals surface area contributed by atoms with E-state index in [0.717, 1.165) is 10.9 Å². The molecule has 0 radical (unpaired) electrons. The summed E-state index contributed by atoms with van der Waals surface area (Å²) in [6.07, 6.45) is 0.352. The van der Waals surface area contributed by atoms with Crippen LogP contribution < -0.4 is 0 Å². The number of ketones is 1. The summed E-state index contributed by atoms with van der Waals surface area (Å²) in [6, 6.07) is 7.15. The second-order valence-electron chi connectivity index (χ2n) is 5.37. The van der Waals surface area contributed by atoms with Crippen molar-refractivity contribution >= 4 is 16.6 Å². The number of fused-ring (bicyclic) bond motifs is 1. The number of benzene rings is 2. The van der Waals surface area contributed by atoms with Crippen LogP contribution in [0.1, 0.15) is 36.2 Å². The van der Waals surface area contributed by atoms with Crippen molar-refractivity contribution in [3.05, 3.63) is 35.4 Å². The first-order valence-corrected chi connectivity index (χ1v) is 6.38. The van der Waals surface area contributed by atoms with Crippen molar-refractivity contribution in [2.45, 2.75) is 27.2 Å². The van der Waals surface area contributed by atoms with Gasteiger partial charge in [-0.3, -0.25) is 4.79 Å². The maximum absolute atomic E-state index is 12.1. The molecular formula is C16H18O3. The van der Waals surface area contributed by atoms with E-state index in [1.54, 1.807) is 12.1 Å². The number of hydrogen-bond acceptors (Lipinski definition) is 3. The highest BCUT2D eigenvalue weighted by atomic mass is 16.3. The molecule has 3 heteroatoms. The van der Waals surface area contributed by atoms with Crippen LogP contribution >= 0.6 is 0 Å². The fourth-order valence-corrected chi connectivity index (χ4v) is 2.19. The molecule has 3 nitrogen and oxygen atoms in total. The van der Waals surface area contributed by atoms with Crippen LogP contribution in [0.15, 0.2) is 24.3 Å². The van der Waals surface area contributed by atoms with Gasteiger partial charge in [0.1, 0.15) is 0 Å². The summed E-state index contributed by atoms with van der Waals surface area (Å²) in [4.78, 5) is 12.1. The van der Waals surface area contributed by atoms with Gasteiger partial charge in [0.05, 0.1) is 5.56 Å². The van der Waals surface area contributed by atoms with E-state index >= 15 is 0 Å². The average Bonchev–Trinajstić information content (AvgIpc) is 2.32. The van der Waals surface area contributed by atoms with Crippen LogP contribution in [0.3, 0.4) is 0 Å². The molecule has 0 bridgehead atoms. The average molecular weight is 258 g/mol. The van der Waals surface area contributed by atoms with Crippen LogP contribution in [-0.2, 0) is 0 Å². The SMILES string of the molecule is Cc1ccc2c(O)c(O)c(C(=O)CC(C)C)cc2c1. The van der Waals surface area contributed by atoms with E-state index in [1.165, 1.54) is 0 Å². The molecule has 0 aromatic heterocycles. The Kier molecular flexibility index (Phi) is 3.47. The van der Waals surface area contributed by atoms with Gasteiger partial charge in [0.25, 0.3) is 0 Å². The van der Waals surface area contributed by atoms with Gasteiger partial charge in [-0.05, 0) is 24.3 Å². The highest BCUT2D eigenvalue weighted by molar-refractivity contribution is 6.05. The molecule has 0 unspecified atom stereocenters. The molecule has 0 heterocycles. The number of aryl methyl sites for hydroxylation is 1. The lowest BCUT2D eigenvalue weighted by Gasteiger charge is -2.11. The van der Waals surface area contributed by atoms with Crippen molar-refractivity contribution in [3.63, 3.8) is 0 Å². The number of rotatable bonds is 3. The molecule has 2 rings (SSSR count). The summed E-state index contributed by atoms with van der Waals surface area (Å²) < 4.78 is 0. The first-order valence-electron chi connectivity index (χ1n) is 6.38. The summed E-state index contributed by atoms with van der Waals surface area (Å²) in [5, 5.41) is 21.3. The topological polar surface area (TPSA) is 57.5 Å². The number of aromatic hydroxyl groups is 2. The second-order valence-corrected chi connectivity index (χ2v) is 5.37. The van der Waals surface area contributed by atoms with Gasteiger partial charge in [-0.2, -0.15) is 0 Å². The van der Waals surface area contributed by atoms with E-state index < -0.39 is 0 Å². The van der Waals surface area contributed by atoms with Crippen molar-refractivity contribution < 1.29 is 15.0 Å². The monoisotopic (exact) mass is 258 g/mol. The molecule has 2 N–H and O–H groups in total. The zero-order valence-electron chi connectivity index (χ0n) is 11.4. The van der Waals surface area contributed by atoms with Crippen LogP contribution in [0.4, 0.5) is 0 Å². The molecule has 0 aliphatic heterocycles. The van der Waals surface area contributed by atoms with Crippen LogP contribution in [-0.4, -0.2) is 16.0 Å². The molecule has 0 aliphatic carbocycles. The lowest BCUT2D eigenvalue weighted by molar-refractivity contribution is 0.0965. The highest BCUT2D eigenvalue weighted by Crippen LogP contribution is 2.38. The molecule has 0 saturated heterocycles. The molecule has 2 aromatic rings. The Labute approximate surface area is 112 Å². The molecule has 0 fully saturated rings. The molecule has 0 amide bonds.